The van der Waals surface area contributed by atoms with Crippen molar-refractivity contribution in [1.29, 1.82) is 0 Å². The second kappa shape index (κ2) is 12.1. The molecule has 0 aromatic carbocycles. The van der Waals surface area contributed by atoms with E-state index in [0.717, 1.165) is 58.1 Å². The molecule has 2 N–H and O–H groups in total. The van der Waals surface area contributed by atoms with Crippen molar-refractivity contribution < 1.29 is 38.9 Å². The topological polar surface area (TPSA) is 130 Å². The fraction of sp³-hybridized carbons (Fsp3) is 0.862. The monoisotopic (exact) mass is 535 g/mol. The minimum absolute atomic E-state index is 0.0963. The van der Waals surface area contributed by atoms with Crippen molar-refractivity contribution in [2.75, 3.05) is 39.5 Å². The van der Waals surface area contributed by atoms with Crippen LogP contribution >= 0.6 is 0 Å². The van der Waals surface area contributed by atoms with Crippen molar-refractivity contribution in [3.63, 3.8) is 0 Å². The number of fused-ring (bicyclic) bond motifs is 5. The van der Waals surface area contributed by atoms with Gasteiger partial charge in [0.15, 0.2) is 0 Å². The lowest BCUT2D eigenvalue weighted by Gasteiger charge is -2.59. The Morgan fingerprint density at radius 3 is 2.34 bits per heavy atom. The van der Waals surface area contributed by atoms with E-state index in [4.69, 9.17) is 29.3 Å². The van der Waals surface area contributed by atoms with Crippen molar-refractivity contribution in [3.05, 3.63) is 0 Å². The van der Waals surface area contributed by atoms with Gasteiger partial charge in [-0.3, -0.25) is 9.59 Å². The number of nitrogens with zero attached hydrogens (tertiary/aromatic N) is 1. The number of hydrogen-bond acceptors (Lipinski definition) is 7. The van der Waals surface area contributed by atoms with Gasteiger partial charge >= 0.3 is 11.9 Å². The van der Waals surface area contributed by atoms with Crippen molar-refractivity contribution in [2.45, 2.75) is 84.2 Å². The SMILES string of the molecule is C[C@]12CC[C@H](OCCOCCN3CCCC3)C[C@@H]1C(=O)C[C@@H]1[C@@H]2CC[C@]2(C)C(=O)CC[C@@H]12.O=C(O)C(=O)O. The average molecular weight is 536 g/mol. The van der Waals surface area contributed by atoms with Crippen LogP contribution in [0.2, 0.25) is 0 Å². The van der Waals surface area contributed by atoms with Crippen LogP contribution in [0.3, 0.4) is 0 Å². The Morgan fingerprint density at radius 2 is 1.66 bits per heavy atom. The van der Waals surface area contributed by atoms with Crippen molar-refractivity contribution >= 4 is 23.5 Å². The third-order valence-electron chi connectivity index (χ3n) is 10.6. The second-order valence-corrected chi connectivity index (χ2v) is 12.6. The zero-order valence-electron chi connectivity index (χ0n) is 23.0. The third-order valence-corrected chi connectivity index (χ3v) is 10.6. The van der Waals surface area contributed by atoms with Crippen LogP contribution in [0.25, 0.3) is 0 Å². The summed E-state index contributed by atoms with van der Waals surface area (Å²) in [4.78, 5) is 46.7. The van der Waals surface area contributed by atoms with E-state index in [9.17, 15) is 9.59 Å². The number of carboxylic acids is 2. The van der Waals surface area contributed by atoms with Gasteiger partial charge in [-0.15, -0.1) is 0 Å². The lowest BCUT2D eigenvalue weighted by molar-refractivity contribution is -0.163. The van der Waals surface area contributed by atoms with Crippen molar-refractivity contribution in [1.82, 2.24) is 4.90 Å². The number of rotatable bonds is 7. The number of carbonyl (C=O) groups is 4. The van der Waals surface area contributed by atoms with Gasteiger partial charge in [-0.05, 0) is 87.6 Å². The highest BCUT2D eigenvalue weighted by Gasteiger charge is 2.62. The van der Waals surface area contributed by atoms with E-state index in [1.807, 2.05) is 0 Å². The summed E-state index contributed by atoms with van der Waals surface area (Å²) in [5.41, 5.74) is -0.0568. The molecule has 9 heteroatoms. The predicted molar refractivity (Wildman–Crippen MR) is 139 cm³/mol. The number of aliphatic carboxylic acids is 2. The lowest BCUT2D eigenvalue weighted by atomic mass is 9.45. The molecule has 0 unspecified atom stereocenters. The van der Waals surface area contributed by atoms with Crippen LogP contribution in [0.1, 0.15) is 78.1 Å². The summed E-state index contributed by atoms with van der Waals surface area (Å²) in [6, 6.07) is 0. The van der Waals surface area contributed by atoms with Crippen LogP contribution < -0.4 is 0 Å². The Morgan fingerprint density at radius 1 is 0.947 bits per heavy atom. The van der Waals surface area contributed by atoms with Gasteiger partial charge in [-0.2, -0.15) is 0 Å². The first-order chi connectivity index (χ1) is 18.1. The largest absolute Gasteiger partial charge is 0.473 e. The van der Waals surface area contributed by atoms with E-state index in [1.165, 1.54) is 25.9 Å². The van der Waals surface area contributed by atoms with Crippen LogP contribution in [0.5, 0.6) is 0 Å². The fourth-order valence-corrected chi connectivity index (χ4v) is 8.50. The zero-order chi connectivity index (χ0) is 27.5. The maximum atomic E-state index is 13.4. The Bertz CT molecular complexity index is 889. The number of Topliss-reactive ketones (excluding diaryl/α,β-unsaturated/α-hetero) is 2. The molecule has 38 heavy (non-hydrogen) atoms. The Labute approximate surface area is 225 Å². The number of ether oxygens (including phenoxy) is 2. The summed E-state index contributed by atoms with van der Waals surface area (Å²) in [7, 11) is 0. The van der Waals surface area contributed by atoms with Gasteiger partial charge in [-0.1, -0.05) is 13.8 Å². The number of hydrogen-bond donors (Lipinski definition) is 2. The summed E-state index contributed by atoms with van der Waals surface area (Å²) >= 11 is 0. The standard InChI is InChI=1S/C27H43NO4.C2H2O4/c1-26-9-7-19(32-16-15-31-14-13-28-11-3-4-12-28)17-23(26)24(29)18-20-21-5-6-25(30)27(21,2)10-8-22(20)26;3-1(4)2(5)6/h19-23H,3-18H2,1-2H3;(H,3,4)(H,5,6)/t19-,20-,21-,22-,23+,26+,27-;/m0./s1. The lowest BCUT2D eigenvalue weighted by Crippen LogP contribution is -2.57. The molecule has 4 saturated carbocycles. The maximum Gasteiger partial charge on any atom is 0.414 e. The summed E-state index contributed by atoms with van der Waals surface area (Å²) in [6.45, 7) is 10.1. The van der Waals surface area contributed by atoms with Gasteiger partial charge in [0.1, 0.15) is 11.6 Å². The number of carbonyl (C=O) groups excluding carboxylic acids is 2. The molecule has 0 radical (unpaired) electrons. The molecule has 0 bridgehead atoms. The number of likely N-dealkylation sites (tertiary alicyclic amines) is 1. The average Bonchev–Trinajstić information content (AvgIpc) is 3.50. The first kappa shape index (κ1) is 29.2. The molecular weight excluding hydrogens is 490 g/mol. The number of ketones is 2. The van der Waals surface area contributed by atoms with E-state index < -0.39 is 11.9 Å². The molecule has 4 aliphatic carbocycles. The van der Waals surface area contributed by atoms with E-state index in [-0.39, 0.29) is 22.9 Å². The molecule has 1 saturated heterocycles. The molecule has 5 fully saturated rings. The molecule has 5 rings (SSSR count). The molecule has 0 aromatic heterocycles. The summed E-state index contributed by atoms with van der Waals surface area (Å²) in [5.74, 6) is -1.14. The highest BCUT2D eigenvalue weighted by molar-refractivity contribution is 6.27. The van der Waals surface area contributed by atoms with Crippen LogP contribution in [-0.2, 0) is 28.7 Å². The summed E-state index contributed by atoms with van der Waals surface area (Å²) in [5, 5.41) is 14.8. The Kier molecular flexibility index (Phi) is 9.30. The molecule has 214 valence electrons. The number of carboxylic acid groups (broad SMARTS) is 2. The molecule has 0 aromatic rings. The molecule has 7 atom stereocenters. The van der Waals surface area contributed by atoms with E-state index in [0.29, 0.717) is 49.0 Å². The Balaban J connectivity index is 0.000000505. The maximum absolute atomic E-state index is 13.4. The molecule has 0 spiro atoms. The van der Waals surface area contributed by atoms with Gasteiger partial charge < -0.3 is 24.6 Å². The summed E-state index contributed by atoms with van der Waals surface area (Å²) in [6.07, 6.45) is 10.5. The Hall–Kier alpha value is -1.84. The van der Waals surface area contributed by atoms with E-state index >= 15 is 0 Å². The van der Waals surface area contributed by atoms with E-state index in [2.05, 4.69) is 18.7 Å². The third kappa shape index (κ3) is 5.99. The van der Waals surface area contributed by atoms with Gasteiger partial charge in [0.25, 0.3) is 0 Å². The van der Waals surface area contributed by atoms with E-state index in [1.54, 1.807) is 0 Å². The predicted octanol–water partition coefficient (Wildman–Crippen LogP) is 3.43. The normalized spacial score (nSPS) is 38.5. The van der Waals surface area contributed by atoms with Gasteiger partial charge in [-0.25, -0.2) is 9.59 Å². The first-order valence-corrected chi connectivity index (χ1v) is 14.5. The molecule has 0 amide bonds. The first-order valence-electron chi connectivity index (χ1n) is 14.5. The molecular formula is C29H45NO8. The van der Waals surface area contributed by atoms with Gasteiger partial charge in [0.05, 0.1) is 25.9 Å². The zero-order valence-corrected chi connectivity index (χ0v) is 23.0. The van der Waals surface area contributed by atoms with Gasteiger partial charge in [0, 0.05) is 30.7 Å². The molecule has 5 aliphatic rings. The van der Waals surface area contributed by atoms with Crippen molar-refractivity contribution in [2.24, 2.45) is 34.5 Å². The quantitative estimate of drug-likeness (QED) is 0.372. The molecule has 9 nitrogen and oxygen atoms in total. The molecule has 1 heterocycles. The fourth-order valence-electron chi connectivity index (χ4n) is 8.50. The highest BCUT2D eigenvalue weighted by atomic mass is 16.5. The highest BCUT2D eigenvalue weighted by Crippen LogP contribution is 2.64. The van der Waals surface area contributed by atoms with Crippen LogP contribution in [0.15, 0.2) is 0 Å². The van der Waals surface area contributed by atoms with Gasteiger partial charge in [0.2, 0.25) is 0 Å². The smallest absolute Gasteiger partial charge is 0.414 e. The van der Waals surface area contributed by atoms with Crippen molar-refractivity contribution in [3.8, 4) is 0 Å². The summed E-state index contributed by atoms with van der Waals surface area (Å²) < 4.78 is 12.0. The molecule has 1 aliphatic heterocycles. The second-order valence-electron chi connectivity index (χ2n) is 12.6. The minimum atomic E-state index is -1.82. The van der Waals surface area contributed by atoms with Crippen LogP contribution in [0.4, 0.5) is 0 Å². The minimum Gasteiger partial charge on any atom is -0.473 e. The van der Waals surface area contributed by atoms with Crippen LogP contribution in [0, 0.1) is 34.5 Å². The van der Waals surface area contributed by atoms with Crippen LogP contribution in [-0.4, -0.2) is 84.2 Å².